The van der Waals surface area contributed by atoms with Crippen molar-refractivity contribution in [3.63, 3.8) is 0 Å². The van der Waals surface area contributed by atoms with E-state index in [0.717, 1.165) is 0 Å². The van der Waals surface area contributed by atoms with Crippen LogP contribution in [-0.2, 0) is 4.74 Å². The normalized spacial score (nSPS) is 10.1. The van der Waals surface area contributed by atoms with Crippen molar-refractivity contribution in [1.29, 1.82) is 0 Å². The van der Waals surface area contributed by atoms with Crippen molar-refractivity contribution in [3.05, 3.63) is 28.3 Å². The van der Waals surface area contributed by atoms with Crippen LogP contribution in [0.2, 0.25) is 0 Å². The van der Waals surface area contributed by atoms with E-state index in [1.54, 1.807) is 0 Å². The van der Waals surface area contributed by atoms with Crippen molar-refractivity contribution in [1.82, 2.24) is 0 Å². The fraction of sp³-hybridized carbons (Fsp3) is 0.455. The molecule has 0 atom stereocenters. The number of hydrogen-bond acceptors (Lipinski definition) is 6. The van der Waals surface area contributed by atoms with Crippen LogP contribution in [-0.4, -0.2) is 38.4 Å². The third kappa shape index (κ3) is 4.19. The third-order valence-electron chi connectivity index (χ3n) is 2.11. The first-order chi connectivity index (χ1) is 8.69. The highest BCUT2D eigenvalue weighted by atomic mass is 16.6. The number of nitrogens with two attached hydrogens (primary N) is 1. The highest BCUT2D eigenvalue weighted by molar-refractivity contribution is 5.48. The van der Waals surface area contributed by atoms with Gasteiger partial charge in [-0.2, -0.15) is 0 Å². The Bertz CT molecular complexity index is 397. The number of nitro benzene ring substituents is 1. The summed E-state index contributed by atoms with van der Waals surface area (Å²) in [6.07, 6.45) is 0. The summed E-state index contributed by atoms with van der Waals surface area (Å²) in [7, 11) is 1.47. The summed E-state index contributed by atoms with van der Waals surface area (Å²) in [5.41, 5.74) is 5.21. The first-order valence-corrected chi connectivity index (χ1v) is 5.42. The Labute approximate surface area is 105 Å². The topological polar surface area (TPSA) is 96.9 Å². The zero-order valence-electron chi connectivity index (χ0n) is 10.1. The Balaban J connectivity index is 2.61. The minimum Gasteiger partial charge on any atom is -0.493 e. The van der Waals surface area contributed by atoms with Gasteiger partial charge in [0.15, 0.2) is 11.5 Å². The average molecular weight is 256 g/mol. The van der Waals surface area contributed by atoms with Crippen LogP contribution < -0.4 is 15.2 Å². The van der Waals surface area contributed by atoms with Crippen LogP contribution in [0.1, 0.15) is 0 Å². The summed E-state index contributed by atoms with van der Waals surface area (Å²) in [6.45, 7) is 1.54. The molecule has 1 aromatic carbocycles. The molecule has 0 bridgehead atoms. The fourth-order valence-electron chi connectivity index (χ4n) is 1.29. The molecule has 0 aliphatic carbocycles. The molecule has 0 fully saturated rings. The molecule has 100 valence electrons. The predicted molar refractivity (Wildman–Crippen MR) is 65.0 cm³/mol. The van der Waals surface area contributed by atoms with E-state index in [0.29, 0.717) is 31.3 Å². The lowest BCUT2D eigenvalue weighted by molar-refractivity contribution is -0.385. The largest absolute Gasteiger partial charge is 0.493 e. The second kappa shape index (κ2) is 7.46. The summed E-state index contributed by atoms with van der Waals surface area (Å²) in [5, 5.41) is 10.6. The Kier molecular flexibility index (Phi) is 5.89. The van der Waals surface area contributed by atoms with E-state index in [9.17, 15) is 10.1 Å². The quantitative estimate of drug-likeness (QED) is 0.422. The summed E-state index contributed by atoms with van der Waals surface area (Å²) in [4.78, 5) is 10.1. The van der Waals surface area contributed by atoms with Gasteiger partial charge in [0.2, 0.25) is 0 Å². The molecule has 1 rings (SSSR count). The third-order valence-corrected chi connectivity index (χ3v) is 2.11. The van der Waals surface area contributed by atoms with Crippen LogP contribution in [0.25, 0.3) is 0 Å². The van der Waals surface area contributed by atoms with Gasteiger partial charge in [-0.1, -0.05) is 0 Å². The molecule has 0 radical (unpaired) electrons. The molecule has 0 aliphatic heterocycles. The Morgan fingerprint density at radius 2 is 2.06 bits per heavy atom. The molecule has 0 saturated carbocycles. The van der Waals surface area contributed by atoms with Crippen molar-refractivity contribution < 1.29 is 19.1 Å². The number of nitro groups is 1. The molecule has 0 aliphatic rings. The first kappa shape index (κ1) is 14.2. The molecule has 0 spiro atoms. The molecule has 0 saturated heterocycles. The molecular formula is C11H16N2O5. The molecule has 0 unspecified atom stereocenters. The zero-order chi connectivity index (χ0) is 13.4. The average Bonchev–Trinajstić information content (AvgIpc) is 2.38. The number of nitrogens with zero attached hydrogens (tertiary/aromatic N) is 1. The van der Waals surface area contributed by atoms with Crippen LogP contribution >= 0.6 is 0 Å². The summed E-state index contributed by atoms with van der Waals surface area (Å²) in [6, 6.07) is 4.17. The van der Waals surface area contributed by atoms with E-state index in [1.165, 1.54) is 25.3 Å². The monoisotopic (exact) mass is 256 g/mol. The van der Waals surface area contributed by atoms with Gasteiger partial charge in [-0.05, 0) is 6.07 Å². The molecule has 7 heteroatoms. The van der Waals surface area contributed by atoms with Gasteiger partial charge >= 0.3 is 0 Å². The lowest BCUT2D eigenvalue weighted by Crippen LogP contribution is -2.13. The zero-order valence-corrected chi connectivity index (χ0v) is 10.1. The van der Waals surface area contributed by atoms with Gasteiger partial charge in [0, 0.05) is 12.6 Å². The van der Waals surface area contributed by atoms with Gasteiger partial charge in [-0.15, -0.1) is 0 Å². The van der Waals surface area contributed by atoms with Crippen molar-refractivity contribution >= 4 is 5.69 Å². The maximum Gasteiger partial charge on any atom is 0.273 e. The minimum atomic E-state index is -0.489. The van der Waals surface area contributed by atoms with E-state index >= 15 is 0 Å². The second-order valence-corrected chi connectivity index (χ2v) is 3.34. The molecule has 2 N–H and O–H groups in total. The van der Waals surface area contributed by atoms with E-state index in [1.807, 2.05) is 0 Å². The number of methoxy groups -OCH3 is 1. The lowest BCUT2D eigenvalue weighted by atomic mass is 10.3. The SMILES string of the molecule is COc1ccc([N+](=O)[O-])cc1OCCOCCN. The smallest absolute Gasteiger partial charge is 0.273 e. The van der Waals surface area contributed by atoms with E-state index in [4.69, 9.17) is 19.9 Å². The molecular weight excluding hydrogens is 240 g/mol. The van der Waals surface area contributed by atoms with Gasteiger partial charge in [-0.3, -0.25) is 10.1 Å². The van der Waals surface area contributed by atoms with Gasteiger partial charge in [0.05, 0.1) is 31.3 Å². The van der Waals surface area contributed by atoms with Crippen LogP contribution in [0.15, 0.2) is 18.2 Å². The maximum absolute atomic E-state index is 10.6. The highest BCUT2D eigenvalue weighted by Gasteiger charge is 2.12. The van der Waals surface area contributed by atoms with Gasteiger partial charge < -0.3 is 19.9 Å². The number of benzene rings is 1. The minimum absolute atomic E-state index is 0.0475. The summed E-state index contributed by atoms with van der Waals surface area (Å²) < 4.78 is 15.6. The van der Waals surface area contributed by atoms with Crippen molar-refractivity contribution in [3.8, 4) is 11.5 Å². The first-order valence-electron chi connectivity index (χ1n) is 5.42. The molecule has 0 amide bonds. The summed E-state index contributed by atoms with van der Waals surface area (Å²) >= 11 is 0. The van der Waals surface area contributed by atoms with Crippen LogP contribution in [0.5, 0.6) is 11.5 Å². The molecule has 0 heterocycles. The van der Waals surface area contributed by atoms with Gasteiger partial charge in [0.25, 0.3) is 5.69 Å². The molecule has 7 nitrogen and oxygen atoms in total. The Morgan fingerprint density at radius 1 is 1.28 bits per heavy atom. The van der Waals surface area contributed by atoms with Crippen molar-refractivity contribution in [2.75, 3.05) is 33.5 Å². The number of ether oxygens (including phenoxy) is 3. The number of non-ortho nitro benzene ring substituents is 1. The number of hydrogen-bond donors (Lipinski definition) is 1. The van der Waals surface area contributed by atoms with Gasteiger partial charge in [-0.25, -0.2) is 0 Å². The van der Waals surface area contributed by atoms with Crippen molar-refractivity contribution in [2.45, 2.75) is 0 Å². The standard InChI is InChI=1S/C11H16N2O5/c1-16-10-3-2-9(13(14)15)8-11(10)18-7-6-17-5-4-12/h2-3,8H,4-7,12H2,1H3. The molecule has 1 aromatic rings. The van der Waals surface area contributed by atoms with E-state index < -0.39 is 4.92 Å². The predicted octanol–water partition coefficient (Wildman–Crippen LogP) is 0.957. The van der Waals surface area contributed by atoms with E-state index in [2.05, 4.69) is 0 Å². The second-order valence-electron chi connectivity index (χ2n) is 3.34. The lowest BCUT2D eigenvalue weighted by Gasteiger charge is -2.10. The maximum atomic E-state index is 10.6. The number of rotatable bonds is 8. The van der Waals surface area contributed by atoms with Crippen molar-refractivity contribution in [2.24, 2.45) is 5.73 Å². The Morgan fingerprint density at radius 3 is 2.67 bits per heavy atom. The van der Waals surface area contributed by atoms with Crippen LogP contribution in [0, 0.1) is 10.1 Å². The van der Waals surface area contributed by atoms with E-state index in [-0.39, 0.29) is 12.3 Å². The van der Waals surface area contributed by atoms with Crippen LogP contribution in [0.3, 0.4) is 0 Å². The highest BCUT2D eigenvalue weighted by Crippen LogP contribution is 2.30. The summed E-state index contributed by atoms with van der Waals surface area (Å²) in [5.74, 6) is 0.766. The van der Waals surface area contributed by atoms with Crippen LogP contribution in [0.4, 0.5) is 5.69 Å². The van der Waals surface area contributed by atoms with Gasteiger partial charge in [0.1, 0.15) is 6.61 Å². The molecule has 18 heavy (non-hydrogen) atoms. The Hall–Kier alpha value is -1.86. The fourth-order valence-corrected chi connectivity index (χ4v) is 1.29. The molecule has 0 aromatic heterocycles.